The quantitative estimate of drug-likeness (QED) is 0.863. The Bertz CT molecular complexity index is 311. The largest absolute Gasteiger partial charge is 0.390 e. The molecule has 1 rings (SSSR count). The van der Waals surface area contributed by atoms with Crippen LogP contribution in [-0.4, -0.2) is 34.1 Å². The Kier molecular flexibility index (Phi) is 3.70. The second-order valence-electron chi connectivity index (χ2n) is 2.59. The Morgan fingerprint density at radius 2 is 2.29 bits per heavy atom. The number of nitrogens with one attached hydrogen (secondary N) is 1. The van der Waals surface area contributed by atoms with Crippen LogP contribution in [0.25, 0.3) is 0 Å². The van der Waals surface area contributed by atoms with Gasteiger partial charge in [0.1, 0.15) is 18.8 Å². The van der Waals surface area contributed by atoms with E-state index < -0.39 is 19.1 Å². The highest BCUT2D eigenvalue weighted by Gasteiger charge is 2.27. The van der Waals surface area contributed by atoms with Gasteiger partial charge in [0.15, 0.2) is 0 Å². The lowest BCUT2D eigenvalue weighted by atomic mass is 10.3. The summed E-state index contributed by atoms with van der Waals surface area (Å²) in [6.07, 6.45) is 2.68. The molecule has 7 heteroatoms. The van der Waals surface area contributed by atoms with Crippen molar-refractivity contribution in [3.05, 3.63) is 17.0 Å². The van der Waals surface area contributed by atoms with E-state index >= 15 is 0 Å². The van der Waals surface area contributed by atoms with Gasteiger partial charge in [0, 0.05) is 6.20 Å². The standard InChI is InChI=1S/C7H8BrF2N3O/c8-5-1-11-4-13-6(5)12-2-7(9,10)3-14/h1,4,14H,2-3H2,(H,11,12,13). The third-order valence-electron chi connectivity index (χ3n) is 1.41. The smallest absolute Gasteiger partial charge is 0.287 e. The minimum absolute atomic E-state index is 0.271. The molecule has 0 saturated heterocycles. The van der Waals surface area contributed by atoms with Gasteiger partial charge in [-0.25, -0.2) is 18.7 Å². The van der Waals surface area contributed by atoms with Crippen molar-refractivity contribution in [2.45, 2.75) is 5.92 Å². The fourth-order valence-corrected chi connectivity index (χ4v) is 1.07. The number of anilines is 1. The molecule has 0 aliphatic carbocycles. The van der Waals surface area contributed by atoms with Gasteiger partial charge < -0.3 is 10.4 Å². The van der Waals surface area contributed by atoms with Crippen LogP contribution in [0.5, 0.6) is 0 Å². The average Bonchev–Trinajstić information content (AvgIpc) is 2.17. The first kappa shape index (κ1) is 11.3. The second-order valence-corrected chi connectivity index (χ2v) is 3.44. The van der Waals surface area contributed by atoms with E-state index in [-0.39, 0.29) is 5.82 Å². The SMILES string of the molecule is OCC(F)(F)CNc1ncncc1Br. The first-order valence-corrected chi connectivity index (χ1v) is 4.52. The summed E-state index contributed by atoms with van der Waals surface area (Å²) < 4.78 is 25.7. The molecule has 0 aromatic carbocycles. The molecule has 1 heterocycles. The van der Waals surface area contributed by atoms with E-state index in [1.807, 2.05) is 0 Å². The van der Waals surface area contributed by atoms with Crippen LogP contribution in [0.1, 0.15) is 0 Å². The summed E-state index contributed by atoms with van der Waals surface area (Å²) in [4.78, 5) is 7.41. The summed E-state index contributed by atoms with van der Waals surface area (Å²) in [7, 11) is 0. The summed E-state index contributed by atoms with van der Waals surface area (Å²) in [6.45, 7) is -1.86. The highest BCUT2D eigenvalue weighted by Crippen LogP contribution is 2.19. The number of aliphatic hydroxyl groups excluding tert-OH is 1. The maximum Gasteiger partial charge on any atom is 0.287 e. The van der Waals surface area contributed by atoms with Gasteiger partial charge in [-0.2, -0.15) is 0 Å². The van der Waals surface area contributed by atoms with Crippen LogP contribution >= 0.6 is 15.9 Å². The van der Waals surface area contributed by atoms with E-state index in [1.165, 1.54) is 12.5 Å². The molecular formula is C7H8BrF2N3O. The Balaban J connectivity index is 2.58. The molecule has 0 aliphatic heterocycles. The minimum Gasteiger partial charge on any atom is -0.390 e. The molecule has 0 spiro atoms. The molecule has 4 nitrogen and oxygen atoms in total. The van der Waals surface area contributed by atoms with Gasteiger partial charge in [0.25, 0.3) is 5.92 Å². The lowest BCUT2D eigenvalue weighted by Gasteiger charge is -2.14. The molecular weight excluding hydrogens is 260 g/mol. The lowest BCUT2D eigenvalue weighted by molar-refractivity contribution is -0.0373. The van der Waals surface area contributed by atoms with Crippen molar-refractivity contribution in [1.82, 2.24) is 9.97 Å². The Morgan fingerprint density at radius 1 is 1.57 bits per heavy atom. The molecule has 0 saturated carbocycles. The van der Waals surface area contributed by atoms with E-state index in [4.69, 9.17) is 5.11 Å². The highest BCUT2D eigenvalue weighted by atomic mass is 79.9. The van der Waals surface area contributed by atoms with Crippen LogP contribution in [0.2, 0.25) is 0 Å². The van der Waals surface area contributed by atoms with Crippen LogP contribution in [0.4, 0.5) is 14.6 Å². The van der Waals surface area contributed by atoms with Gasteiger partial charge in [-0.3, -0.25) is 0 Å². The molecule has 78 valence electrons. The number of alkyl halides is 2. The van der Waals surface area contributed by atoms with Crippen molar-refractivity contribution >= 4 is 21.7 Å². The van der Waals surface area contributed by atoms with Gasteiger partial charge >= 0.3 is 0 Å². The van der Waals surface area contributed by atoms with Crippen LogP contribution in [0.15, 0.2) is 17.0 Å². The lowest BCUT2D eigenvalue weighted by Crippen LogP contribution is -2.31. The molecule has 0 bridgehead atoms. The van der Waals surface area contributed by atoms with E-state index in [0.29, 0.717) is 4.47 Å². The first-order chi connectivity index (χ1) is 6.55. The number of hydrogen-bond acceptors (Lipinski definition) is 4. The van der Waals surface area contributed by atoms with Crippen molar-refractivity contribution < 1.29 is 13.9 Å². The third kappa shape index (κ3) is 3.15. The zero-order chi connectivity index (χ0) is 10.6. The molecule has 14 heavy (non-hydrogen) atoms. The van der Waals surface area contributed by atoms with Gasteiger partial charge in [0.2, 0.25) is 0 Å². The number of aromatic nitrogens is 2. The van der Waals surface area contributed by atoms with Crippen molar-refractivity contribution in [2.24, 2.45) is 0 Å². The van der Waals surface area contributed by atoms with Crippen LogP contribution in [0.3, 0.4) is 0 Å². The number of hydrogen-bond donors (Lipinski definition) is 2. The average molecular weight is 268 g/mol. The Morgan fingerprint density at radius 3 is 2.86 bits per heavy atom. The maximum absolute atomic E-state index is 12.6. The Labute approximate surface area is 87.5 Å². The number of aliphatic hydroxyl groups is 1. The van der Waals surface area contributed by atoms with Crippen molar-refractivity contribution in [2.75, 3.05) is 18.5 Å². The maximum atomic E-state index is 12.6. The summed E-state index contributed by atoms with van der Waals surface area (Å²) in [5.41, 5.74) is 0. The predicted molar refractivity (Wildman–Crippen MR) is 50.3 cm³/mol. The zero-order valence-corrected chi connectivity index (χ0v) is 8.63. The minimum atomic E-state index is -3.15. The molecule has 0 aliphatic rings. The first-order valence-electron chi connectivity index (χ1n) is 3.73. The van der Waals surface area contributed by atoms with Gasteiger partial charge in [-0.1, -0.05) is 0 Å². The van der Waals surface area contributed by atoms with E-state index in [9.17, 15) is 8.78 Å². The zero-order valence-electron chi connectivity index (χ0n) is 7.04. The van der Waals surface area contributed by atoms with E-state index in [2.05, 4.69) is 31.2 Å². The van der Waals surface area contributed by atoms with Crippen molar-refractivity contribution in [1.29, 1.82) is 0 Å². The molecule has 1 aromatic heterocycles. The van der Waals surface area contributed by atoms with E-state index in [1.54, 1.807) is 0 Å². The predicted octanol–water partition coefficient (Wildman–Crippen LogP) is 1.28. The molecule has 2 N–H and O–H groups in total. The second kappa shape index (κ2) is 4.61. The highest BCUT2D eigenvalue weighted by molar-refractivity contribution is 9.10. The van der Waals surface area contributed by atoms with Crippen LogP contribution < -0.4 is 5.32 Å². The summed E-state index contributed by atoms with van der Waals surface area (Å²) in [5.74, 6) is -2.88. The van der Waals surface area contributed by atoms with Gasteiger partial charge in [-0.05, 0) is 15.9 Å². The number of halogens is 3. The fraction of sp³-hybridized carbons (Fsp3) is 0.429. The third-order valence-corrected chi connectivity index (χ3v) is 1.99. The van der Waals surface area contributed by atoms with Crippen molar-refractivity contribution in [3.63, 3.8) is 0 Å². The molecule has 0 radical (unpaired) electrons. The van der Waals surface area contributed by atoms with Crippen LogP contribution in [0, 0.1) is 0 Å². The van der Waals surface area contributed by atoms with Gasteiger partial charge in [-0.15, -0.1) is 0 Å². The summed E-state index contributed by atoms with van der Waals surface area (Å²) in [5, 5.41) is 10.7. The molecule has 0 amide bonds. The Hall–Kier alpha value is -0.820. The summed E-state index contributed by atoms with van der Waals surface area (Å²) >= 11 is 3.09. The van der Waals surface area contributed by atoms with Gasteiger partial charge in [0.05, 0.1) is 11.0 Å². The monoisotopic (exact) mass is 267 g/mol. The fourth-order valence-electron chi connectivity index (χ4n) is 0.712. The normalized spacial score (nSPS) is 11.4. The van der Waals surface area contributed by atoms with Crippen molar-refractivity contribution in [3.8, 4) is 0 Å². The molecule has 0 atom stereocenters. The molecule has 0 fully saturated rings. The van der Waals surface area contributed by atoms with Crippen LogP contribution in [-0.2, 0) is 0 Å². The molecule has 0 unspecified atom stereocenters. The topological polar surface area (TPSA) is 58.0 Å². The number of nitrogens with zero attached hydrogens (tertiary/aromatic N) is 2. The summed E-state index contributed by atoms with van der Waals surface area (Å²) in [6, 6.07) is 0. The number of rotatable bonds is 4. The molecule has 1 aromatic rings. The van der Waals surface area contributed by atoms with E-state index in [0.717, 1.165) is 0 Å².